The lowest BCUT2D eigenvalue weighted by molar-refractivity contribution is 0.587. The Morgan fingerprint density at radius 3 is 3.00 bits per heavy atom. The summed E-state index contributed by atoms with van der Waals surface area (Å²) in [6.07, 6.45) is 6.00. The summed E-state index contributed by atoms with van der Waals surface area (Å²) in [4.78, 5) is 4.54. The predicted octanol–water partition coefficient (Wildman–Crippen LogP) is 1.76. The van der Waals surface area contributed by atoms with Crippen molar-refractivity contribution in [3.63, 3.8) is 0 Å². The molecule has 0 bridgehead atoms. The number of nitrogens with zero attached hydrogens (tertiary/aromatic N) is 2. The third kappa shape index (κ3) is 1.92. The minimum absolute atomic E-state index is 0.234. The lowest BCUT2D eigenvalue weighted by Crippen LogP contribution is -2.18. The minimum Gasteiger partial charge on any atom is -0.307 e. The van der Waals surface area contributed by atoms with E-state index in [2.05, 4.69) is 4.98 Å². The second-order valence-corrected chi connectivity index (χ2v) is 7.39. The zero-order chi connectivity index (χ0) is 12.8. The first-order valence-electron chi connectivity index (χ1n) is 6.21. The molecule has 2 aromatic rings. The van der Waals surface area contributed by atoms with Crippen LogP contribution in [0.15, 0.2) is 24.5 Å². The Bertz CT molecular complexity index is 688. The van der Waals surface area contributed by atoms with E-state index in [0.29, 0.717) is 12.2 Å². The van der Waals surface area contributed by atoms with Gasteiger partial charge in [-0.1, -0.05) is 6.07 Å². The van der Waals surface area contributed by atoms with Crippen LogP contribution in [-0.4, -0.2) is 28.8 Å². The van der Waals surface area contributed by atoms with Crippen molar-refractivity contribution in [3.8, 4) is 0 Å². The molecule has 5 heteroatoms. The first-order valence-corrected chi connectivity index (χ1v) is 7.92. The number of hydrogen-bond donors (Lipinski definition) is 0. The summed E-state index contributed by atoms with van der Waals surface area (Å²) in [5.41, 5.74) is 2.90. The maximum Gasteiger partial charge on any atom is 0.153 e. The van der Waals surface area contributed by atoms with Crippen LogP contribution in [0.1, 0.15) is 24.1 Å². The molecule has 1 fully saturated rings. The number of hydrogen-bond acceptors (Lipinski definition) is 3. The van der Waals surface area contributed by atoms with Crippen molar-refractivity contribution < 1.29 is 8.42 Å². The molecule has 0 aliphatic carbocycles. The molecule has 96 valence electrons. The molecule has 0 saturated carbocycles. The van der Waals surface area contributed by atoms with Gasteiger partial charge < -0.3 is 4.40 Å². The van der Waals surface area contributed by atoms with Gasteiger partial charge in [0.05, 0.1) is 16.7 Å². The van der Waals surface area contributed by atoms with Crippen molar-refractivity contribution in [1.82, 2.24) is 9.38 Å². The van der Waals surface area contributed by atoms with Gasteiger partial charge in [0, 0.05) is 18.8 Å². The first-order chi connectivity index (χ1) is 8.56. The van der Waals surface area contributed by atoms with Gasteiger partial charge in [-0.3, -0.25) is 0 Å². The summed E-state index contributed by atoms with van der Waals surface area (Å²) >= 11 is 0. The molecule has 4 nitrogen and oxygen atoms in total. The van der Waals surface area contributed by atoms with Crippen LogP contribution >= 0.6 is 0 Å². The van der Waals surface area contributed by atoms with Gasteiger partial charge in [0.15, 0.2) is 9.84 Å². The molecule has 1 unspecified atom stereocenters. The highest BCUT2D eigenvalue weighted by atomic mass is 32.2. The van der Waals surface area contributed by atoms with Gasteiger partial charge in [-0.05, 0) is 31.4 Å². The van der Waals surface area contributed by atoms with Gasteiger partial charge in [-0.2, -0.15) is 0 Å². The second-order valence-electron chi connectivity index (χ2n) is 4.99. The molecule has 18 heavy (non-hydrogen) atoms. The minimum atomic E-state index is -2.88. The number of fused-ring (bicyclic) bond motifs is 1. The second kappa shape index (κ2) is 4.09. The van der Waals surface area contributed by atoms with Crippen LogP contribution in [0.4, 0.5) is 0 Å². The van der Waals surface area contributed by atoms with Crippen LogP contribution < -0.4 is 0 Å². The number of pyridine rings is 1. The van der Waals surface area contributed by atoms with Gasteiger partial charge >= 0.3 is 0 Å². The monoisotopic (exact) mass is 264 g/mol. The van der Waals surface area contributed by atoms with E-state index in [-0.39, 0.29) is 5.25 Å². The molecular formula is C13H16N2O2S. The molecule has 1 saturated heterocycles. The van der Waals surface area contributed by atoms with Crippen LogP contribution in [-0.2, 0) is 16.3 Å². The Balaban J connectivity index is 1.94. The zero-order valence-corrected chi connectivity index (χ0v) is 11.2. The topological polar surface area (TPSA) is 51.4 Å². The first kappa shape index (κ1) is 11.7. The number of aromatic nitrogens is 2. The molecule has 1 aliphatic heterocycles. The van der Waals surface area contributed by atoms with Gasteiger partial charge in [0.25, 0.3) is 0 Å². The molecule has 0 spiro atoms. The van der Waals surface area contributed by atoms with E-state index in [1.807, 2.05) is 35.9 Å². The van der Waals surface area contributed by atoms with Crippen LogP contribution in [0.25, 0.3) is 5.65 Å². The summed E-state index contributed by atoms with van der Waals surface area (Å²) in [7, 11) is -2.88. The molecule has 1 atom stereocenters. The van der Waals surface area contributed by atoms with E-state index >= 15 is 0 Å². The fourth-order valence-electron chi connectivity index (χ4n) is 2.62. The smallest absolute Gasteiger partial charge is 0.153 e. The average Bonchev–Trinajstić information content (AvgIpc) is 2.84. The summed E-state index contributed by atoms with van der Waals surface area (Å²) in [6, 6.07) is 3.98. The predicted molar refractivity (Wildman–Crippen MR) is 70.4 cm³/mol. The third-order valence-electron chi connectivity index (χ3n) is 3.63. The molecule has 0 aromatic carbocycles. The summed E-state index contributed by atoms with van der Waals surface area (Å²) < 4.78 is 25.6. The molecule has 3 heterocycles. The van der Waals surface area contributed by atoms with Crippen LogP contribution in [0.3, 0.4) is 0 Å². The van der Waals surface area contributed by atoms with Crippen molar-refractivity contribution in [3.05, 3.63) is 35.8 Å². The molecule has 0 N–H and O–H groups in total. The lowest BCUT2D eigenvalue weighted by atomic mass is 10.2. The van der Waals surface area contributed by atoms with Crippen molar-refractivity contribution >= 4 is 15.5 Å². The average molecular weight is 264 g/mol. The van der Waals surface area contributed by atoms with Crippen molar-refractivity contribution in [2.24, 2.45) is 0 Å². The molecule has 0 amide bonds. The van der Waals surface area contributed by atoms with E-state index in [0.717, 1.165) is 29.7 Å². The summed E-state index contributed by atoms with van der Waals surface area (Å²) in [5, 5.41) is -0.234. The van der Waals surface area contributed by atoms with Crippen LogP contribution in [0.2, 0.25) is 0 Å². The molecule has 2 aromatic heterocycles. The highest BCUT2D eigenvalue weighted by molar-refractivity contribution is 7.92. The van der Waals surface area contributed by atoms with Crippen molar-refractivity contribution in [2.75, 3.05) is 5.75 Å². The number of rotatable bonds is 2. The third-order valence-corrected chi connectivity index (χ3v) is 5.90. The standard InChI is InChI=1S/C13H16N2O2S/c1-10-4-2-6-15-9-11(14-13(10)15)8-12-5-3-7-18(12,16)17/h2,4,6,9,12H,3,5,7-8H2,1H3. The van der Waals surface area contributed by atoms with E-state index in [1.54, 1.807) is 0 Å². The Labute approximate surface area is 107 Å². The Hall–Kier alpha value is -1.36. The normalized spacial score (nSPS) is 22.6. The van der Waals surface area contributed by atoms with Gasteiger partial charge in [0.2, 0.25) is 0 Å². The zero-order valence-electron chi connectivity index (χ0n) is 10.3. The Kier molecular flexibility index (Phi) is 2.66. The summed E-state index contributed by atoms with van der Waals surface area (Å²) in [5.74, 6) is 0.337. The summed E-state index contributed by atoms with van der Waals surface area (Å²) in [6.45, 7) is 2.01. The Morgan fingerprint density at radius 2 is 2.33 bits per heavy atom. The fraction of sp³-hybridized carbons (Fsp3) is 0.462. The van der Waals surface area contributed by atoms with Crippen molar-refractivity contribution in [1.29, 1.82) is 0 Å². The van der Waals surface area contributed by atoms with Gasteiger partial charge in [-0.25, -0.2) is 13.4 Å². The maximum absolute atomic E-state index is 11.8. The quantitative estimate of drug-likeness (QED) is 0.830. The van der Waals surface area contributed by atoms with E-state index in [1.165, 1.54) is 0 Å². The molecule has 1 aliphatic rings. The Morgan fingerprint density at radius 1 is 1.50 bits per heavy atom. The number of aryl methyl sites for hydroxylation is 1. The van der Waals surface area contributed by atoms with E-state index in [9.17, 15) is 8.42 Å². The molecular weight excluding hydrogens is 248 g/mol. The lowest BCUT2D eigenvalue weighted by Gasteiger charge is -2.05. The molecule has 3 rings (SSSR count). The fourth-order valence-corrected chi connectivity index (χ4v) is 4.48. The van der Waals surface area contributed by atoms with Crippen LogP contribution in [0, 0.1) is 6.92 Å². The number of imidazole rings is 1. The molecule has 0 radical (unpaired) electrons. The van der Waals surface area contributed by atoms with E-state index in [4.69, 9.17) is 0 Å². The van der Waals surface area contributed by atoms with Gasteiger partial charge in [0.1, 0.15) is 5.65 Å². The van der Waals surface area contributed by atoms with Gasteiger partial charge in [-0.15, -0.1) is 0 Å². The SMILES string of the molecule is Cc1cccn2cc(CC3CCCS3(=O)=O)nc12. The largest absolute Gasteiger partial charge is 0.307 e. The maximum atomic E-state index is 11.8. The van der Waals surface area contributed by atoms with Crippen molar-refractivity contribution in [2.45, 2.75) is 31.4 Å². The van der Waals surface area contributed by atoms with E-state index < -0.39 is 9.84 Å². The number of sulfone groups is 1. The van der Waals surface area contributed by atoms with Crippen LogP contribution in [0.5, 0.6) is 0 Å². The highest BCUT2D eigenvalue weighted by Crippen LogP contribution is 2.23. The highest BCUT2D eigenvalue weighted by Gasteiger charge is 2.31.